The molecular weight excluding hydrogens is 211 g/mol. The van der Waals surface area contributed by atoms with Crippen LogP contribution >= 0.6 is 0 Å². The number of carbonyl (C=O) groups is 1. The molecule has 16 heavy (non-hydrogen) atoms. The number of nitrogens with zero attached hydrogens (tertiary/aromatic N) is 2. The Kier molecular flexibility index (Phi) is 2.68. The van der Waals surface area contributed by atoms with Crippen molar-refractivity contribution in [2.45, 2.75) is 0 Å². The number of aromatic nitrogens is 2. The van der Waals surface area contributed by atoms with Gasteiger partial charge in [0.15, 0.2) is 17.9 Å². The van der Waals surface area contributed by atoms with Gasteiger partial charge in [-0.05, 0) is 12.1 Å². The molecule has 5 heteroatoms. The summed E-state index contributed by atoms with van der Waals surface area (Å²) >= 11 is 0. The highest BCUT2D eigenvalue weighted by molar-refractivity contribution is 5.73. The van der Waals surface area contributed by atoms with Crippen LogP contribution in [0.4, 0.5) is 4.39 Å². The molecule has 0 bridgehead atoms. The molecule has 0 unspecified atom stereocenters. The van der Waals surface area contributed by atoms with Crippen LogP contribution in [0.2, 0.25) is 0 Å². The Morgan fingerprint density at radius 1 is 1.50 bits per heavy atom. The number of hydrogen-bond acceptors (Lipinski definition) is 3. The van der Waals surface area contributed by atoms with Crippen molar-refractivity contribution in [1.82, 2.24) is 9.78 Å². The highest BCUT2D eigenvalue weighted by Gasteiger charge is 2.06. The van der Waals surface area contributed by atoms with Crippen LogP contribution in [0, 0.1) is 5.82 Å². The largest absolute Gasteiger partial charge is 0.494 e. The van der Waals surface area contributed by atoms with E-state index in [-0.39, 0.29) is 5.75 Å². The van der Waals surface area contributed by atoms with E-state index in [1.165, 1.54) is 30.1 Å². The van der Waals surface area contributed by atoms with Crippen LogP contribution in [-0.4, -0.2) is 23.2 Å². The molecule has 1 aromatic heterocycles. The summed E-state index contributed by atoms with van der Waals surface area (Å²) < 4.78 is 19.5. The molecular formula is C11H9FN2O2. The number of aldehydes is 1. The second kappa shape index (κ2) is 4.14. The van der Waals surface area contributed by atoms with Gasteiger partial charge in [0.05, 0.1) is 24.6 Å². The summed E-state index contributed by atoms with van der Waals surface area (Å²) in [7, 11) is 1.39. The number of rotatable bonds is 3. The molecule has 0 saturated heterocycles. The average Bonchev–Trinajstić information content (AvgIpc) is 2.78. The molecule has 2 rings (SSSR count). The predicted molar refractivity (Wildman–Crippen MR) is 55.5 cm³/mol. The predicted octanol–water partition coefficient (Wildman–Crippen LogP) is 1.83. The van der Waals surface area contributed by atoms with Crippen LogP contribution < -0.4 is 4.74 Å². The molecule has 0 radical (unpaired) electrons. The number of benzene rings is 1. The maximum Gasteiger partial charge on any atom is 0.165 e. The molecule has 2 aromatic rings. The Morgan fingerprint density at radius 3 is 2.94 bits per heavy atom. The van der Waals surface area contributed by atoms with E-state index in [9.17, 15) is 9.18 Å². The summed E-state index contributed by atoms with van der Waals surface area (Å²) in [6, 6.07) is 4.35. The zero-order valence-corrected chi connectivity index (χ0v) is 8.55. The van der Waals surface area contributed by atoms with Crippen LogP contribution in [0.25, 0.3) is 5.69 Å². The molecule has 0 aliphatic heterocycles. The fraction of sp³-hybridized carbons (Fsp3) is 0.0909. The van der Waals surface area contributed by atoms with Crippen LogP contribution in [0.3, 0.4) is 0 Å². The lowest BCUT2D eigenvalue weighted by atomic mass is 10.3. The summed E-state index contributed by atoms with van der Waals surface area (Å²) in [6.45, 7) is 0. The SMILES string of the molecule is COc1cc(-n2cc(C=O)cn2)ccc1F. The van der Waals surface area contributed by atoms with Gasteiger partial charge in [-0.1, -0.05) is 0 Å². The molecule has 1 aromatic carbocycles. The van der Waals surface area contributed by atoms with Gasteiger partial charge in [0.1, 0.15) is 0 Å². The van der Waals surface area contributed by atoms with E-state index in [1.54, 1.807) is 12.3 Å². The van der Waals surface area contributed by atoms with Crippen molar-refractivity contribution >= 4 is 6.29 Å². The van der Waals surface area contributed by atoms with Gasteiger partial charge in [-0.25, -0.2) is 9.07 Å². The van der Waals surface area contributed by atoms with Gasteiger partial charge in [0, 0.05) is 12.3 Å². The Bertz CT molecular complexity index is 522. The molecule has 0 saturated carbocycles. The lowest BCUT2D eigenvalue weighted by Crippen LogP contribution is -1.96. The quantitative estimate of drug-likeness (QED) is 0.741. The smallest absolute Gasteiger partial charge is 0.165 e. The summed E-state index contributed by atoms with van der Waals surface area (Å²) in [5, 5.41) is 3.97. The minimum Gasteiger partial charge on any atom is -0.494 e. The third kappa shape index (κ3) is 1.79. The lowest BCUT2D eigenvalue weighted by molar-refractivity contribution is 0.112. The first-order chi connectivity index (χ1) is 7.74. The summed E-state index contributed by atoms with van der Waals surface area (Å²) in [6.07, 6.45) is 3.69. The maximum atomic E-state index is 13.1. The van der Waals surface area contributed by atoms with Gasteiger partial charge < -0.3 is 4.74 Å². The minimum atomic E-state index is -0.436. The normalized spacial score (nSPS) is 10.1. The molecule has 82 valence electrons. The Morgan fingerprint density at radius 2 is 2.31 bits per heavy atom. The molecule has 0 spiro atoms. The lowest BCUT2D eigenvalue weighted by Gasteiger charge is -2.05. The summed E-state index contributed by atoms with van der Waals surface area (Å²) in [4.78, 5) is 10.5. The topological polar surface area (TPSA) is 44.1 Å². The summed E-state index contributed by atoms with van der Waals surface area (Å²) in [5.74, 6) is -0.297. The van der Waals surface area contributed by atoms with Crippen molar-refractivity contribution < 1.29 is 13.9 Å². The molecule has 4 nitrogen and oxygen atoms in total. The zero-order chi connectivity index (χ0) is 11.5. The number of ether oxygens (including phenoxy) is 1. The fourth-order valence-electron chi connectivity index (χ4n) is 1.33. The van der Waals surface area contributed by atoms with E-state index >= 15 is 0 Å². The second-order valence-corrected chi connectivity index (χ2v) is 3.15. The van der Waals surface area contributed by atoms with Crippen molar-refractivity contribution in [1.29, 1.82) is 0 Å². The van der Waals surface area contributed by atoms with E-state index in [1.807, 2.05) is 0 Å². The number of carbonyl (C=O) groups excluding carboxylic acids is 1. The van der Waals surface area contributed by atoms with Gasteiger partial charge in [0.2, 0.25) is 0 Å². The zero-order valence-electron chi connectivity index (χ0n) is 8.55. The van der Waals surface area contributed by atoms with Crippen LogP contribution in [-0.2, 0) is 0 Å². The first-order valence-electron chi connectivity index (χ1n) is 4.58. The van der Waals surface area contributed by atoms with E-state index < -0.39 is 5.82 Å². The van der Waals surface area contributed by atoms with Crippen LogP contribution in [0.15, 0.2) is 30.6 Å². The van der Waals surface area contributed by atoms with Crippen LogP contribution in [0.1, 0.15) is 10.4 Å². The third-order valence-corrected chi connectivity index (χ3v) is 2.14. The summed E-state index contributed by atoms with van der Waals surface area (Å²) in [5.41, 5.74) is 1.09. The molecule has 0 N–H and O–H groups in total. The molecule has 0 aliphatic rings. The van der Waals surface area contributed by atoms with Crippen molar-refractivity contribution in [2.24, 2.45) is 0 Å². The highest BCUT2D eigenvalue weighted by atomic mass is 19.1. The Labute approximate surface area is 91.3 Å². The average molecular weight is 220 g/mol. The fourth-order valence-corrected chi connectivity index (χ4v) is 1.33. The van der Waals surface area contributed by atoms with Crippen molar-refractivity contribution in [3.8, 4) is 11.4 Å². The standard InChI is InChI=1S/C11H9FN2O2/c1-16-11-4-9(2-3-10(11)12)14-6-8(7-15)5-13-14/h2-7H,1H3. The van der Waals surface area contributed by atoms with Gasteiger partial charge in [-0.3, -0.25) is 4.79 Å². The van der Waals surface area contributed by atoms with E-state index in [0.29, 0.717) is 17.5 Å². The van der Waals surface area contributed by atoms with Crippen molar-refractivity contribution in [2.75, 3.05) is 7.11 Å². The van der Waals surface area contributed by atoms with E-state index in [4.69, 9.17) is 4.74 Å². The van der Waals surface area contributed by atoms with E-state index in [2.05, 4.69) is 5.10 Å². The van der Waals surface area contributed by atoms with Gasteiger partial charge in [-0.2, -0.15) is 5.10 Å². The number of halogens is 1. The van der Waals surface area contributed by atoms with Crippen molar-refractivity contribution in [3.05, 3.63) is 42.0 Å². The monoisotopic (exact) mass is 220 g/mol. The molecule has 0 atom stereocenters. The molecule has 0 amide bonds. The number of hydrogen-bond donors (Lipinski definition) is 0. The van der Waals surface area contributed by atoms with Gasteiger partial charge in [0.25, 0.3) is 0 Å². The Hall–Kier alpha value is -2.17. The van der Waals surface area contributed by atoms with Crippen LogP contribution in [0.5, 0.6) is 5.75 Å². The minimum absolute atomic E-state index is 0.139. The maximum absolute atomic E-state index is 13.1. The second-order valence-electron chi connectivity index (χ2n) is 3.15. The highest BCUT2D eigenvalue weighted by Crippen LogP contribution is 2.20. The molecule has 0 fully saturated rings. The van der Waals surface area contributed by atoms with Gasteiger partial charge in [-0.15, -0.1) is 0 Å². The van der Waals surface area contributed by atoms with Gasteiger partial charge >= 0.3 is 0 Å². The molecule has 0 aliphatic carbocycles. The van der Waals surface area contributed by atoms with Crippen molar-refractivity contribution in [3.63, 3.8) is 0 Å². The van der Waals surface area contributed by atoms with E-state index in [0.717, 1.165) is 0 Å². The third-order valence-electron chi connectivity index (χ3n) is 2.14. The Balaban J connectivity index is 2.43. The molecule has 1 heterocycles. The number of methoxy groups -OCH3 is 1. The first-order valence-corrected chi connectivity index (χ1v) is 4.58. The first kappa shape index (κ1) is 10.4.